The van der Waals surface area contributed by atoms with Crippen LogP contribution in [-0.2, 0) is 13.6 Å². The molecule has 3 rings (SSSR count). The predicted molar refractivity (Wildman–Crippen MR) is 92.9 cm³/mol. The maximum Gasteiger partial charge on any atom is 0.337 e. The number of hydrogen-bond donors (Lipinski definition) is 1. The molecule has 0 atom stereocenters. The van der Waals surface area contributed by atoms with Crippen LogP contribution in [0.25, 0.3) is 11.0 Å². The monoisotopic (exact) mass is 341 g/mol. The lowest BCUT2D eigenvalue weighted by molar-refractivity contribution is 0.0952. The average molecular weight is 341 g/mol. The lowest BCUT2D eigenvalue weighted by Gasteiger charge is -2.08. The molecule has 2 aromatic heterocycles. The molecular formula is C18H19N3O4. The molecule has 0 fully saturated rings. The van der Waals surface area contributed by atoms with Gasteiger partial charge in [0.15, 0.2) is 0 Å². The van der Waals surface area contributed by atoms with Crippen LogP contribution >= 0.6 is 0 Å². The Kier molecular flexibility index (Phi) is 4.31. The van der Waals surface area contributed by atoms with Gasteiger partial charge in [-0.3, -0.25) is 9.48 Å². The summed E-state index contributed by atoms with van der Waals surface area (Å²) in [5, 5.41) is 7.74. The van der Waals surface area contributed by atoms with Crippen molar-refractivity contribution in [2.24, 2.45) is 7.05 Å². The minimum atomic E-state index is -0.584. The molecular weight excluding hydrogens is 322 g/mol. The standard InChI is InChI=1S/C18H19N3O4/c1-10-15(11(2)21(3)20-10)9-19-18(23)14-8-17(22)25-16-7-12(24-4)5-6-13(14)16/h5-8H,9H2,1-4H3,(H,19,23). The summed E-state index contributed by atoms with van der Waals surface area (Å²) >= 11 is 0. The first-order valence-electron chi connectivity index (χ1n) is 7.80. The van der Waals surface area contributed by atoms with E-state index in [1.165, 1.54) is 13.2 Å². The largest absolute Gasteiger partial charge is 0.497 e. The first-order chi connectivity index (χ1) is 11.9. The lowest BCUT2D eigenvalue weighted by Crippen LogP contribution is -2.24. The number of ether oxygens (including phenoxy) is 1. The van der Waals surface area contributed by atoms with Crippen LogP contribution in [0.4, 0.5) is 0 Å². The maximum absolute atomic E-state index is 12.6. The van der Waals surface area contributed by atoms with Crippen molar-refractivity contribution in [1.29, 1.82) is 0 Å². The average Bonchev–Trinajstić information content (AvgIpc) is 2.83. The number of nitrogens with zero attached hydrogens (tertiary/aromatic N) is 2. The van der Waals surface area contributed by atoms with Gasteiger partial charge in [0.25, 0.3) is 5.91 Å². The molecule has 2 heterocycles. The molecule has 7 heteroatoms. The Labute approximate surface area is 144 Å². The molecule has 1 amide bonds. The fraction of sp³-hybridized carbons (Fsp3) is 0.278. The van der Waals surface area contributed by atoms with E-state index in [0.29, 0.717) is 23.3 Å². The van der Waals surface area contributed by atoms with Crippen molar-refractivity contribution in [3.05, 3.63) is 57.2 Å². The molecule has 0 radical (unpaired) electrons. The molecule has 0 saturated heterocycles. The van der Waals surface area contributed by atoms with Crippen molar-refractivity contribution in [2.75, 3.05) is 7.11 Å². The molecule has 0 aliphatic rings. The van der Waals surface area contributed by atoms with Crippen LogP contribution in [0, 0.1) is 13.8 Å². The van der Waals surface area contributed by atoms with E-state index in [0.717, 1.165) is 17.0 Å². The van der Waals surface area contributed by atoms with E-state index in [-0.39, 0.29) is 11.5 Å². The summed E-state index contributed by atoms with van der Waals surface area (Å²) in [5.74, 6) is 0.209. The third-order valence-electron chi connectivity index (χ3n) is 4.28. The van der Waals surface area contributed by atoms with Crippen LogP contribution in [0.5, 0.6) is 5.75 Å². The van der Waals surface area contributed by atoms with Gasteiger partial charge >= 0.3 is 5.63 Å². The van der Waals surface area contributed by atoms with Gasteiger partial charge in [-0.1, -0.05) is 0 Å². The molecule has 7 nitrogen and oxygen atoms in total. The summed E-state index contributed by atoms with van der Waals surface area (Å²) < 4.78 is 12.1. The first kappa shape index (κ1) is 16.8. The summed E-state index contributed by atoms with van der Waals surface area (Å²) in [7, 11) is 3.38. The Hall–Kier alpha value is -3.09. The third kappa shape index (κ3) is 3.13. The van der Waals surface area contributed by atoms with Gasteiger partial charge in [0.1, 0.15) is 11.3 Å². The number of carbonyl (C=O) groups is 1. The zero-order chi connectivity index (χ0) is 18.1. The summed E-state index contributed by atoms with van der Waals surface area (Å²) in [6.45, 7) is 4.18. The second-order valence-corrected chi connectivity index (χ2v) is 5.80. The number of fused-ring (bicyclic) bond motifs is 1. The molecule has 0 aliphatic heterocycles. The van der Waals surface area contributed by atoms with Crippen molar-refractivity contribution in [2.45, 2.75) is 20.4 Å². The van der Waals surface area contributed by atoms with Gasteiger partial charge in [-0.25, -0.2) is 4.79 Å². The van der Waals surface area contributed by atoms with E-state index in [4.69, 9.17) is 9.15 Å². The zero-order valence-electron chi connectivity index (χ0n) is 14.5. The third-order valence-corrected chi connectivity index (χ3v) is 4.28. The van der Waals surface area contributed by atoms with Gasteiger partial charge in [0.05, 0.1) is 18.4 Å². The van der Waals surface area contributed by atoms with Crippen LogP contribution in [-0.4, -0.2) is 22.8 Å². The number of methoxy groups -OCH3 is 1. The minimum Gasteiger partial charge on any atom is -0.497 e. The summed E-state index contributed by atoms with van der Waals surface area (Å²) in [6, 6.07) is 6.21. The van der Waals surface area contributed by atoms with Crippen molar-refractivity contribution >= 4 is 16.9 Å². The van der Waals surface area contributed by atoms with E-state index in [1.54, 1.807) is 22.9 Å². The SMILES string of the molecule is COc1ccc2c(C(=O)NCc3c(C)nn(C)c3C)cc(=O)oc2c1. The van der Waals surface area contributed by atoms with Crippen molar-refractivity contribution in [3.63, 3.8) is 0 Å². The Balaban J connectivity index is 1.93. The smallest absolute Gasteiger partial charge is 0.337 e. The van der Waals surface area contributed by atoms with E-state index in [9.17, 15) is 9.59 Å². The highest BCUT2D eigenvalue weighted by Gasteiger charge is 2.16. The molecule has 3 aromatic rings. The summed E-state index contributed by atoms with van der Waals surface area (Å²) in [6.07, 6.45) is 0. The van der Waals surface area contributed by atoms with E-state index < -0.39 is 5.63 Å². The van der Waals surface area contributed by atoms with Gasteiger partial charge in [0, 0.05) is 42.4 Å². The normalized spacial score (nSPS) is 10.9. The van der Waals surface area contributed by atoms with E-state index in [2.05, 4.69) is 10.4 Å². The molecule has 0 spiro atoms. The first-order valence-corrected chi connectivity index (χ1v) is 7.80. The number of hydrogen-bond acceptors (Lipinski definition) is 5. The second-order valence-electron chi connectivity index (χ2n) is 5.80. The van der Waals surface area contributed by atoms with Gasteiger partial charge in [-0.2, -0.15) is 5.10 Å². The molecule has 25 heavy (non-hydrogen) atoms. The van der Waals surface area contributed by atoms with Crippen LogP contribution in [0.3, 0.4) is 0 Å². The number of nitrogens with one attached hydrogen (secondary N) is 1. The number of aryl methyl sites for hydroxylation is 2. The molecule has 0 bridgehead atoms. The van der Waals surface area contributed by atoms with Gasteiger partial charge in [-0.05, 0) is 26.0 Å². The molecule has 0 unspecified atom stereocenters. The Morgan fingerprint density at radius 1 is 1.32 bits per heavy atom. The predicted octanol–water partition coefficient (Wildman–Crippen LogP) is 2.08. The van der Waals surface area contributed by atoms with Crippen molar-refractivity contribution in [1.82, 2.24) is 15.1 Å². The number of rotatable bonds is 4. The minimum absolute atomic E-state index is 0.271. The Morgan fingerprint density at radius 3 is 2.72 bits per heavy atom. The highest BCUT2D eigenvalue weighted by atomic mass is 16.5. The second kappa shape index (κ2) is 6.43. The van der Waals surface area contributed by atoms with Gasteiger partial charge in [-0.15, -0.1) is 0 Å². The van der Waals surface area contributed by atoms with Crippen molar-refractivity contribution in [3.8, 4) is 5.75 Å². The van der Waals surface area contributed by atoms with Crippen LogP contribution in [0.15, 0.2) is 33.5 Å². The van der Waals surface area contributed by atoms with Crippen LogP contribution in [0.1, 0.15) is 27.3 Å². The topological polar surface area (TPSA) is 86.4 Å². The van der Waals surface area contributed by atoms with E-state index >= 15 is 0 Å². The summed E-state index contributed by atoms with van der Waals surface area (Å²) in [4.78, 5) is 24.4. The number of benzene rings is 1. The Bertz CT molecular complexity index is 1020. The van der Waals surface area contributed by atoms with Gasteiger partial charge in [0.2, 0.25) is 0 Å². The highest BCUT2D eigenvalue weighted by molar-refractivity contribution is 6.05. The molecule has 0 saturated carbocycles. The maximum atomic E-state index is 12.6. The van der Waals surface area contributed by atoms with Crippen LogP contribution in [0.2, 0.25) is 0 Å². The van der Waals surface area contributed by atoms with Gasteiger partial charge < -0.3 is 14.5 Å². The van der Waals surface area contributed by atoms with Crippen molar-refractivity contribution < 1.29 is 13.9 Å². The summed E-state index contributed by atoms with van der Waals surface area (Å²) in [5.41, 5.74) is 2.81. The number of amides is 1. The fourth-order valence-electron chi connectivity index (χ4n) is 2.80. The highest BCUT2D eigenvalue weighted by Crippen LogP contribution is 2.22. The molecule has 1 N–H and O–H groups in total. The zero-order valence-corrected chi connectivity index (χ0v) is 14.5. The number of aromatic nitrogens is 2. The molecule has 1 aromatic carbocycles. The quantitative estimate of drug-likeness (QED) is 0.734. The number of carbonyl (C=O) groups excluding carboxylic acids is 1. The molecule has 130 valence electrons. The fourth-order valence-corrected chi connectivity index (χ4v) is 2.80. The molecule has 0 aliphatic carbocycles. The lowest BCUT2D eigenvalue weighted by atomic mass is 10.1. The Morgan fingerprint density at radius 2 is 2.08 bits per heavy atom. The van der Waals surface area contributed by atoms with E-state index in [1.807, 2.05) is 20.9 Å². The van der Waals surface area contributed by atoms with Crippen LogP contribution < -0.4 is 15.7 Å².